The molecular formula is C17H13NO3. The number of carbonyl (C=O) groups excluding carboxylic acids is 1. The molecule has 2 aromatic rings. The normalized spacial score (nSPS) is 14.1. The van der Waals surface area contributed by atoms with Crippen LogP contribution in [0.15, 0.2) is 48.5 Å². The zero-order chi connectivity index (χ0) is 14.8. The lowest BCUT2D eigenvalue weighted by Crippen LogP contribution is -2.24. The molecule has 0 unspecified atom stereocenters. The number of hydrogen-bond acceptors (Lipinski definition) is 4. The Kier molecular flexibility index (Phi) is 3.33. The molecule has 21 heavy (non-hydrogen) atoms. The van der Waals surface area contributed by atoms with E-state index in [4.69, 9.17) is 14.7 Å². The van der Waals surface area contributed by atoms with E-state index in [2.05, 4.69) is 0 Å². The fourth-order valence-electron chi connectivity index (χ4n) is 2.43. The summed E-state index contributed by atoms with van der Waals surface area (Å²) >= 11 is 0. The van der Waals surface area contributed by atoms with E-state index in [0.29, 0.717) is 11.5 Å². The molecule has 0 saturated heterocycles. The summed E-state index contributed by atoms with van der Waals surface area (Å²) in [6.45, 7) is 1.55. The van der Waals surface area contributed by atoms with Crippen LogP contribution in [0, 0.1) is 11.3 Å². The van der Waals surface area contributed by atoms with E-state index in [1.54, 1.807) is 6.92 Å². The predicted molar refractivity (Wildman–Crippen MR) is 76.0 cm³/mol. The monoisotopic (exact) mass is 279 g/mol. The van der Waals surface area contributed by atoms with Crippen molar-refractivity contribution in [2.75, 3.05) is 0 Å². The van der Waals surface area contributed by atoms with Gasteiger partial charge in [-0.25, -0.2) is 0 Å². The molecule has 0 N–H and O–H groups in total. The Bertz CT molecular complexity index is 687. The quantitative estimate of drug-likeness (QED) is 0.791. The van der Waals surface area contributed by atoms with Gasteiger partial charge in [0.2, 0.25) is 0 Å². The van der Waals surface area contributed by atoms with Crippen LogP contribution in [0.5, 0.6) is 11.5 Å². The van der Waals surface area contributed by atoms with Crippen molar-refractivity contribution in [1.29, 1.82) is 5.26 Å². The van der Waals surface area contributed by atoms with Gasteiger partial charge in [0.1, 0.15) is 23.5 Å². The molecular weight excluding hydrogens is 266 g/mol. The summed E-state index contributed by atoms with van der Waals surface area (Å²) in [5.41, 5.74) is 1.51. The molecule has 0 spiro atoms. The smallest absolute Gasteiger partial charge is 0.319 e. The first-order valence-corrected chi connectivity index (χ1v) is 6.66. The third-order valence-corrected chi connectivity index (χ3v) is 3.39. The highest BCUT2D eigenvalue weighted by molar-refractivity contribution is 5.85. The largest absolute Gasteiger partial charge is 0.457 e. The topological polar surface area (TPSA) is 59.3 Å². The minimum absolute atomic E-state index is 0.438. The van der Waals surface area contributed by atoms with E-state index in [1.807, 2.05) is 54.6 Å². The summed E-state index contributed by atoms with van der Waals surface area (Å²) in [6.07, 6.45) is -0.778. The Morgan fingerprint density at radius 3 is 2.19 bits per heavy atom. The Morgan fingerprint density at radius 2 is 1.67 bits per heavy atom. The molecule has 1 aliphatic rings. The van der Waals surface area contributed by atoms with Crippen LogP contribution in [0.4, 0.5) is 0 Å². The third kappa shape index (κ3) is 2.34. The number of hydrogen-bond donors (Lipinski definition) is 0. The number of rotatable bonds is 2. The SMILES string of the molecule is C[C@H](C#N)OC(=O)C1c2ccccc2Oc2ccccc21. The highest BCUT2D eigenvalue weighted by atomic mass is 16.5. The molecule has 4 nitrogen and oxygen atoms in total. The molecule has 104 valence electrons. The van der Waals surface area contributed by atoms with Gasteiger partial charge >= 0.3 is 5.97 Å². The van der Waals surface area contributed by atoms with Crippen molar-refractivity contribution in [2.45, 2.75) is 18.9 Å². The number of para-hydroxylation sites is 2. The molecule has 1 heterocycles. The first-order chi connectivity index (χ1) is 10.2. The van der Waals surface area contributed by atoms with Crippen molar-refractivity contribution in [1.82, 2.24) is 0 Å². The number of benzene rings is 2. The van der Waals surface area contributed by atoms with Crippen molar-refractivity contribution >= 4 is 5.97 Å². The van der Waals surface area contributed by atoms with E-state index >= 15 is 0 Å². The molecule has 0 aliphatic carbocycles. The van der Waals surface area contributed by atoms with Gasteiger partial charge in [-0.2, -0.15) is 5.26 Å². The van der Waals surface area contributed by atoms with Crippen molar-refractivity contribution in [3.05, 3.63) is 59.7 Å². The Morgan fingerprint density at radius 1 is 1.14 bits per heavy atom. The van der Waals surface area contributed by atoms with Gasteiger partial charge in [-0.3, -0.25) is 4.79 Å². The predicted octanol–water partition coefficient (Wildman–Crippen LogP) is 3.38. The highest BCUT2D eigenvalue weighted by Crippen LogP contribution is 2.44. The zero-order valence-corrected chi connectivity index (χ0v) is 11.4. The minimum atomic E-state index is -0.778. The average Bonchev–Trinajstić information content (AvgIpc) is 2.52. The second-order valence-corrected chi connectivity index (χ2v) is 4.82. The van der Waals surface area contributed by atoms with Gasteiger partial charge in [-0.15, -0.1) is 0 Å². The maximum Gasteiger partial charge on any atom is 0.319 e. The number of carbonyl (C=O) groups is 1. The van der Waals surface area contributed by atoms with Crippen LogP contribution in [-0.4, -0.2) is 12.1 Å². The fourth-order valence-corrected chi connectivity index (χ4v) is 2.43. The van der Waals surface area contributed by atoms with Gasteiger partial charge in [0.25, 0.3) is 0 Å². The second kappa shape index (κ2) is 5.29. The van der Waals surface area contributed by atoms with E-state index < -0.39 is 18.0 Å². The summed E-state index contributed by atoms with van der Waals surface area (Å²) in [6, 6.07) is 16.6. The van der Waals surface area contributed by atoms with Crippen molar-refractivity contribution < 1.29 is 14.3 Å². The van der Waals surface area contributed by atoms with E-state index in [-0.39, 0.29) is 0 Å². The van der Waals surface area contributed by atoms with Gasteiger partial charge in [-0.05, 0) is 19.1 Å². The highest BCUT2D eigenvalue weighted by Gasteiger charge is 2.34. The molecule has 0 saturated carbocycles. The third-order valence-electron chi connectivity index (χ3n) is 3.39. The molecule has 1 aliphatic heterocycles. The van der Waals surface area contributed by atoms with E-state index in [0.717, 1.165) is 11.1 Å². The molecule has 0 radical (unpaired) electrons. The molecule has 0 aromatic heterocycles. The Hall–Kier alpha value is -2.80. The van der Waals surface area contributed by atoms with Crippen LogP contribution >= 0.6 is 0 Å². The standard InChI is InChI=1S/C17H13NO3/c1-11(10-18)20-17(19)16-12-6-2-4-8-14(12)21-15-9-5-3-7-13(15)16/h2-9,11,16H,1H3/t11-/m1/s1. The molecule has 4 heteroatoms. The number of ether oxygens (including phenoxy) is 2. The van der Waals surface area contributed by atoms with Crippen molar-refractivity contribution in [2.24, 2.45) is 0 Å². The lowest BCUT2D eigenvalue weighted by Gasteiger charge is -2.27. The first-order valence-electron chi connectivity index (χ1n) is 6.66. The molecule has 0 amide bonds. The maximum atomic E-state index is 12.5. The number of fused-ring (bicyclic) bond motifs is 2. The fraction of sp³-hybridized carbons (Fsp3) is 0.176. The van der Waals surface area contributed by atoms with E-state index in [9.17, 15) is 4.79 Å². The summed E-state index contributed by atoms with van der Waals surface area (Å²) in [5, 5.41) is 8.82. The molecule has 0 fully saturated rings. The molecule has 1 atom stereocenters. The number of nitriles is 1. The van der Waals surface area contributed by atoms with Gasteiger partial charge in [0.15, 0.2) is 6.10 Å². The van der Waals surface area contributed by atoms with Gasteiger partial charge < -0.3 is 9.47 Å². The maximum absolute atomic E-state index is 12.5. The van der Waals surface area contributed by atoms with Crippen LogP contribution in [0.3, 0.4) is 0 Å². The van der Waals surface area contributed by atoms with E-state index in [1.165, 1.54) is 0 Å². The second-order valence-electron chi connectivity index (χ2n) is 4.82. The number of esters is 1. The molecule has 3 rings (SSSR count). The van der Waals surface area contributed by atoms with Crippen LogP contribution in [0.2, 0.25) is 0 Å². The Balaban J connectivity index is 2.07. The van der Waals surface area contributed by atoms with Crippen LogP contribution in [-0.2, 0) is 9.53 Å². The first kappa shape index (κ1) is 13.2. The summed E-state index contributed by atoms with van der Waals surface area (Å²) in [5.74, 6) is 0.278. The lowest BCUT2D eigenvalue weighted by molar-refractivity contribution is -0.146. The summed E-state index contributed by atoms with van der Waals surface area (Å²) in [7, 11) is 0. The lowest BCUT2D eigenvalue weighted by atomic mass is 9.88. The van der Waals surface area contributed by atoms with Gasteiger partial charge in [0, 0.05) is 11.1 Å². The summed E-state index contributed by atoms with van der Waals surface area (Å²) in [4.78, 5) is 12.5. The average molecular weight is 279 g/mol. The van der Waals surface area contributed by atoms with Crippen LogP contribution < -0.4 is 4.74 Å². The minimum Gasteiger partial charge on any atom is -0.457 e. The summed E-state index contributed by atoms with van der Waals surface area (Å²) < 4.78 is 11.0. The number of nitrogens with zero attached hydrogens (tertiary/aromatic N) is 1. The Labute approximate surface area is 122 Å². The molecule has 0 bridgehead atoms. The van der Waals surface area contributed by atoms with Gasteiger partial charge in [-0.1, -0.05) is 36.4 Å². The zero-order valence-electron chi connectivity index (χ0n) is 11.4. The van der Waals surface area contributed by atoms with Gasteiger partial charge in [0.05, 0.1) is 0 Å². The van der Waals surface area contributed by atoms with Crippen LogP contribution in [0.25, 0.3) is 0 Å². The molecule has 2 aromatic carbocycles. The van der Waals surface area contributed by atoms with Crippen LogP contribution in [0.1, 0.15) is 24.0 Å². The van der Waals surface area contributed by atoms with Crippen molar-refractivity contribution in [3.8, 4) is 17.6 Å². The van der Waals surface area contributed by atoms with Crippen molar-refractivity contribution in [3.63, 3.8) is 0 Å².